The molecule has 9 heteroatoms. The van der Waals surface area contributed by atoms with E-state index in [0.717, 1.165) is 22.2 Å². The number of hydrogen-bond donors (Lipinski definition) is 1. The highest BCUT2D eigenvalue weighted by Crippen LogP contribution is 2.34. The van der Waals surface area contributed by atoms with E-state index < -0.39 is 0 Å². The second kappa shape index (κ2) is 9.33. The molecule has 0 fully saturated rings. The second-order valence-corrected chi connectivity index (χ2v) is 8.54. The average molecular weight is 485 g/mol. The van der Waals surface area contributed by atoms with Crippen molar-refractivity contribution in [1.82, 2.24) is 9.97 Å². The predicted octanol–water partition coefficient (Wildman–Crippen LogP) is 6.67. The zero-order valence-electron chi connectivity index (χ0n) is 18.3. The van der Waals surface area contributed by atoms with Gasteiger partial charge < -0.3 is 13.8 Å². The fraction of sp³-hybridized carbons (Fsp3) is 0. The highest BCUT2D eigenvalue weighted by Gasteiger charge is 2.13. The van der Waals surface area contributed by atoms with Crippen LogP contribution in [0.5, 0.6) is 0 Å². The Bertz CT molecular complexity index is 1820. The Kier molecular flexibility index (Phi) is 5.75. The third-order valence-corrected chi connectivity index (χ3v) is 6.15. The van der Waals surface area contributed by atoms with Gasteiger partial charge in [-0.15, -0.1) is 11.3 Å². The number of furan rings is 2. The minimum atomic E-state index is -0.0328. The molecule has 168 valence electrons. The normalized spacial score (nSPS) is 10.1. The van der Waals surface area contributed by atoms with Crippen LogP contribution in [0.1, 0.15) is 10.6 Å². The Balaban J connectivity index is 1.41. The summed E-state index contributed by atoms with van der Waals surface area (Å²) in [6.45, 7) is 0. The number of benzene rings is 1. The van der Waals surface area contributed by atoms with Gasteiger partial charge in [-0.25, -0.2) is 4.98 Å². The lowest BCUT2D eigenvalue weighted by Crippen LogP contribution is -1.75. The molecule has 5 rings (SSSR count). The van der Waals surface area contributed by atoms with Gasteiger partial charge in [-0.05, 0) is 42.5 Å². The number of aromatic amines is 1. The Morgan fingerprint density at radius 2 is 1.53 bits per heavy atom. The topological polar surface area (TPSA) is 150 Å². The standard InChI is InChI=1S/C27H12N6O2S/c28-11-16(12-29)7-20-3-4-25(34-20)23-9-18-1-2-19(10-22(18)33-23)24-5-6-26(35-24)27-32-15-21(36-27)8-17(13-30)14-31/h1-10,15,33H. The molecule has 0 amide bonds. The van der Waals surface area contributed by atoms with Crippen LogP contribution in [0, 0.1) is 45.3 Å². The molecule has 0 aliphatic heterocycles. The van der Waals surface area contributed by atoms with Gasteiger partial charge in [-0.1, -0.05) is 12.1 Å². The first-order valence-electron chi connectivity index (χ1n) is 10.4. The summed E-state index contributed by atoms with van der Waals surface area (Å²) in [5.74, 6) is 2.25. The zero-order chi connectivity index (χ0) is 25.1. The van der Waals surface area contributed by atoms with Crippen molar-refractivity contribution in [1.29, 1.82) is 21.0 Å². The minimum absolute atomic E-state index is 0.0141. The van der Waals surface area contributed by atoms with Crippen molar-refractivity contribution >= 4 is 34.4 Å². The molecule has 0 aliphatic rings. The van der Waals surface area contributed by atoms with Crippen LogP contribution in [0.25, 0.3) is 56.6 Å². The Hall–Kier alpha value is -5.61. The molecule has 8 nitrogen and oxygen atoms in total. The number of H-pyrrole nitrogens is 1. The van der Waals surface area contributed by atoms with Crippen molar-refractivity contribution in [2.24, 2.45) is 0 Å². The van der Waals surface area contributed by atoms with Crippen LogP contribution in [0.15, 0.2) is 74.7 Å². The summed E-state index contributed by atoms with van der Waals surface area (Å²) >= 11 is 1.33. The number of thiazole rings is 1. The molecule has 0 bridgehead atoms. The molecule has 0 aliphatic carbocycles. The monoisotopic (exact) mass is 484 g/mol. The van der Waals surface area contributed by atoms with E-state index in [0.29, 0.717) is 32.9 Å². The van der Waals surface area contributed by atoms with Crippen LogP contribution in [0.3, 0.4) is 0 Å². The molecule has 36 heavy (non-hydrogen) atoms. The third-order valence-electron chi connectivity index (χ3n) is 5.19. The average Bonchev–Trinajstić information content (AvgIpc) is 3.71. The highest BCUT2D eigenvalue weighted by atomic mass is 32.1. The van der Waals surface area contributed by atoms with Gasteiger partial charge >= 0.3 is 0 Å². The summed E-state index contributed by atoms with van der Waals surface area (Å²) in [6, 6.07) is 22.3. The van der Waals surface area contributed by atoms with E-state index in [1.54, 1.807) is 18.3 Å². The van der Waals surface area contributed by atoms with E-state index in [-0.39, 0.29) is 11.1 Å². The largest absolute Gasteiger partial charge is 0.455 e. The third kappa shape index (κ3) is 4.30. The van der Waals surface area contributed by atoms with Crippen LogP contribution in [-0.2, 0) is 0 Å². The van der Waals surface area contributed by atoms with Crippen LogP contribution < -0.4 is 0 Å². The number of nitrogens with zero attached hydrogens (tertiary/aromatic N) is 5. The maximum Gasteiger partial charge on any atom is 0.163 e. The van der Waals surface area contributed by atoms with E-state index in [9.17, 15) is 0 Å². The minimum Gasteiger partial charge on any atom is -0.455 e. The molecule has 0 spiro atoms. The summed E-state index contributed by atoms with van der Waals surface area (Å²) in [6.07, 6.45) is 4.49. The van der Waals surface area contributed by atoms with Crippen molar-refractivity contribution in [3.63, 3.8) is 0 Å². The summed E-state index contributed by atoms with van der Waals surface area (Å²) in [5.41, 5.74) is 2.49. The maximum atomic E-state index is 8.93. The SMILES string of the molecule is N#CC(C#N)=Cc1ccc(-c2cc3ccc(-c4ccc(-c5ncc(C=C(C#N)C#N)s5)o4)cc3[nH]2)o1. The number of fused-ring (bicyclic) bond motifs is 1. The van der Waals surface area contributed by atoms with E-state index in [4.69, 9.17) is 29.9 Å². The molecule has 0 radical (unpaired) electrons. The fourth-order valence-corrected chi connectivity index (χ4v) is 4.35. The number of nitrogens with one attached hydrogen (secondary N) is 1. The van der Waals surface area contributed by atoms with Gasteiger partial charge in [0.2, 0.25) is 0 Å². The van der Waals surface area contributed by atoms with Gasteiger partial charge in [-0.2, -0.15) is 21.0 Å². The lowest BCUT2D eigenvalue weighted by molar-refractivity contribution is 0.570. The van der Waals surface area contributed by atoms with Crippen LogP contribution >= 0.6 is 11.3 Å². The fourth-order valence-electron chi connectivity index (χ4n) is 3.53. The number of aromatic nitrogens is 2. The van der Waals surface area contributed by atoms with Gasteiger partial charge in [0.05, 0.1) is 5.69 Å². The number of rotatable bonds is 5. The predicted molar refractivity (Wildman–Crippen MR) is 133 cm³/mol. The van der Waals surface area contributed by atoms with Gasteiger partial charge in [0.25, 0.3) is 0 Å². The summed E-state index contributed by atoms with van der Waals surface area (Å²) < 4.78 is 11.8. The number of nitriles is 4. The second-order valence-electron chi connectivity index (χ2n) is 7.48. The molecule has 1 N–H and O–H groups in total. The molecular formula is C27H12N6O2S. The van der Waals surface area contributed by atoms with Crippen molar-refractivity contribution in [3.05, 3.63) is 76.5 Å². The van der Waals surface area contributed by atoms with Crippen LogP contribution in [0.2, 0.25) is 0 Å². The first-order valence-corrected chi connectivity index (χ1v) is 11.2. The molecule has 0 atom stereocenters. The number of allylic oxidation sites excluding steroid dienone is 2. The van der Waals surface area contributed by atoms with Gasteiger partial charge in [-0.3, -0.25) is 0 Å². The van der Waals surface area contributed by atoms with E-state index >= 15 is 0 Å². The summed E-state index contributed by atoms with van der Waals surface area (Å²) in [4.78, 5) is 8.36. The van der Waals surface area contributed by atoms with E-state index in [1.807, 2.05) is 60.7 Å². The van der Waals surface area contributed by atoms with E-state index in [2.05, 4.69) is 9.97 Å². The number of hydrogen-bond acceptors (Lipinski definition) is 8. The highest BCUT2D eigenvalue weighted by molar-refractivity contribution is 7.15. The van der Waals surface area contributed by atoms with Crippen molar-refractivity contribution in [3.8, 4) is 57.8 Å². The summed E-state index contributed by atoms with van der Waals surface area (Å²) in [5, 5.41) is 37.3. The van der Waals surface area contributed by atoms with Gasteiger partial charge in [0, 0.05) is 33.6 Å². The molecule has 4 heterocycles. The van der Waals surface area contributed by atoms with Crippen molar-refractivity contribution in [2.45, 2.75) is 0 Å². The van der Waals surface area contributed by atoms with Crippen LogP contribution in [0.4, 0.5) is 0 Å². The molecule has 0 saturated carbocycles. The smallest absolute Gasteiger partial charge is 0.163 e. The van der Waals surface area contributed by atoms with E-state index in [1.165, 1.54) is 23.5 Å². The summed E-state index contributed by atoms with van der Waals surface area (Å²) in [7, 11) is 0. The Morgan fingerprint density at radius 1 is 0.806 bits per heavy atom. The first kappa shape index (κ1) is 22.2. The Morgan fingerprint density at radius 3 is 2.31 bits per heavy atom. The molecule has 1 aromatic carbocycles. The first-order chi connectivity index (χ1) is 17.6. The lowest BCUT2D eigenvalue weighted by Gasteiger charge is -1.98. The van der Waals surface area contributed by atoms with Gasteiger partial charge in [0.1, 0.15) is 46.9 Å². The molecule has 5 aromatic rings. The van der Waals surface area contributed by atoms with Crippen molar-refractivity contribution in [2.75, 3.05) is 0 Å². The molecular weight excluding hydrogens is 472 g/mol. The van der Waals surface area contributed by atoms with Gasteiger partial charge in [0.15, 0.2) is 16.5 Å². The van der Waals surface area contributed by atoms with Crippen molar-refractivity contribution < 1.29 is 8.83 Å². The zero-order valence-corrected chi connectivity index (χ0v) is 19.1. The maximum absolute atomic E-state index is 8.93. The lowest BCUT2D eigenvalue weighted by atomic mass is 10.1. The molecule has 4 aromatic heterocycles. The van der Waals surface area contributed by atoms with Crippen LogP contribution in [-0.4, -0.2) is 9.97 Å². The quantitative estimate of drug-likeness (QED) is 0.273. The molecule has 0 unspecified atom stereocenters. The molecule has 0 saturated heterocycles. The Labute approximate surface area is 208 Å².